The minimum Gasteiger partial charge on any atom is -0.507 e. The van der Waals surface area contributed by atoms with Crippen molar-refractivity contribution in [3.8, 4) is 11.5 Å². The van der Waals surface area contributed by atoms with E-state index < -0.39 is 11.3 Å². The van der Waals surface area contributed by atoms with Gasteiger partial charge in [-0.15, -0.1) is 0 Å². The molecule has 140 valence electrons. The van der Waals surface area contributed by atoms with Crippen molar-refractivity contribution in [2.45, 2.75) is 37.6 Å². The van der Waals surface area contributed by atoms with Gasteiger partial charge in [-0.2, -0.15) is 0 Å². The van der Waals surface area contributed by atoms with E-state index in [1.807, 2.05) is 31.2 Å². The first-order valence-corrected chi connectivity index (χ1v) is 9.23. The van der Waals surface area contributed by atoms with Gasteiger partial charge in [0.05, 0.1) is 11.5 Å². The summed E-state index contributed by atoms with van der Waals surface area (Å²) in [6.45, 7) is 2.41. The molecule has 2 aliphatic rings. The predicted molar refractivity (Wildman–Crippen MR) is 101 cm³/mol. The largest absolute Gasteiger partial charge is 0.507 e. The molecule has 2 heterocycles. The summed E-state index contributed by atoms with van der Waals surface area (Å²) in [4.78, 5) is 27.9. The second kappa shape index (κ2) is 6.30. The van der Waals surface area contributed by atoms with E-state index in [-0.39, 0.29) is 29.0 Å². The highest BCUT2D eigenvalue weighted by Gasteiger charge is 2.58. The molecular formula is C21H22N2O4. The quantitative estimate of drug-likeness (QED) is 0.779. The molecule has 4 rings (SSSR count). The standard InChI is InChI=1S/C21H22N2O4/c1-2-6-17-21(13-7-3-4-8-14(13)22-20(21)27)11-12-23(17)19(26)18-15(24)9-5-10-16(18)25/h3-5,7-10,17,24-25H,2,6,11-12H2,1H3,(H,22,27)/t17-,21+/m0/s1. The van der Waals surface area contributed by atoms with E-state index in [9.17, 15) is 19.8 Å². The fourth-order valence-electron chi connectivity index (χ4n) is 4.61. The number of hydrogen-bond donors (Lipinski definition) is 3. The van der Waals surface area contributed by atoms with E-state index in [1.165, 1.54) is 18.2 Å². The number of nitrogens with zero attached hydrogens (tertiary/aromatic N) is 1. The Labute approximate surface area is 157 Å². The van der Waals surface area contributed by atoms with Gasteiger partial charge in [0.2, 0.25) is 5.91 Å². The molecule has 2 aromatic carbocycles. The zero-order chi connectivity index (χ0) is 19.2. The van der Waals surface area contributed by atoms with Crippen LogP contribution < -0.4 is 5.32 Å². The molecule has 2 aliphatic heterocycles. The van der Waals surface area contributed by atoms with Crippen molar-refractivity contribution in [3.63, 3.8) is 0 Å². The van der Waals surface area contributed by atoms with Crippen LogP contribution in [0.15, 0.2) is 42.5 Å². The van der Waals surface area contributed by atoms with Gasteiger partial charge in [-0.25, -0.2) is 0 Å². The minimum atomic E-state index is -0.789. The van der Waals surface area contributed by atoms with Crippen LogP contribution in [0, 0.1) is 0 Å². The molecule has 6 heteroatoms. The van der Waals surface area contributed by atoms with Crippen LogP contribution in [0.4, 0.5) is 5.69 Å². The predicted octanol–water partition coefficient (Wildman–Crippen LogP) is 3.00. The lowest BCUT2D eigenvalue weighted by Gasteiger charge is -2.34. The zero-order valence-electron chi connectivity index (χ0n) is 15.1. The Morgan fingerprint density at radius 3 is 2.59 bits per heavy atom. The first-order valence-electron chi connectivity index (χ1n) is 9.23. The summed E-state index contributed by atoms with van der Waals surface area (Å²) in [7, 11) is 0. The number of likely N-dealkylation sites (tertiary alicyclic amines) is 1. The number of aromatic hydroxyl groups is 2. The third-order valence-electron chi connectivity index (χ3n) is 5.81. The van der Waals surface area contributed by atoms with Crippen LogP contribution in [0.2, 0.25) is 0 Å². The van der Waals surface area contributed by atoms with Gasteiger partial charge in [-0.3, -0.25) is 9.59 Å². The number of carbonyl (C=O) groups excluding carboxylic acids is 2. The molecule has 0 bridgehead atoms. The number of anilines is 1. The maximum atomic E-state index is 13.2. The van der Waals surface area contributed by atoms with E-state index >= 15 is 0 Å². The molecule has 0 saturated carbocycles. The number of para-hydroxylation sites is 1. The number of hydrogen-bond acceptors (Lipinski definition) is 4. The molecule has 27 heavy (non-hydrogen) atoms. The Balaban J connectivity index is 1.79. The number of benzene rings is 2. The zero-order valence-corrected chi connectivity index (χ0v) is 15.1. The smallest absolute Gasteiger partial charge is 0.261 e. The van der Waals surface area contributed by atoms with Crippen LogP contribution in [-0.4, -0.2) is 39.5 Å². The lowest BCUT2D eigenvalue weighted by Crippen LogP contribution is -2.48. The van der Waals surface area contributed by atoms with Crippen molar-refractivity contribution in [2.75, 3.05) is 11.9 Å². The molecule has 1 spiro atoms. The van der Waals surface area contributed by atoms with E-state index in [0.717, 1.165) is 17.7 Å². The molecule has 2 amide bonds. The van der Waals surface area contributed by atoms with E-state index in [1.54, 1.807) is 4.90 Å². The minimum absolute atomic E-state index is 0.0843. The van der Waals surface area contributed by atoms with Gasteiger partial charge in [-0.1, -0.05) is 37.6 Å². The average molecular weight is 366 g/mol. The lowest BCUT2D eigenvalue weighted by atomic mass is 9.73. The molecule has 2 atom stereocenters. The number of phenolic OH excluding ortho intramolecular Hbond substituents is 2. The van der Waals surface area contributed by atoms with Crippen LogP contribution in [0.25, 0.3) is 0 Å². The number of carbonyl (C=O) groups is 2. The van der Waals surface area contributed by atoms with E-state index in [4.69, 9.17) is 0 Å². The van der Waals surface area contributed by atoms with Crippen molar-refractivity contribution in [1.82, 2.24) is 4.90 Å². The van der Waals surface area contributed by atoms with Gasteiger partial charge in [0.25, 0.3) is 5.91 Å². The molecular weight excluding hydrogens is 344 g/mol. The Morgan fingerprint density at radius 2 is 1.89 bits per heavy atom. The maximum Gasteiger partial charge on any atom is 0.261 e. The molecule has 2 aromatic rings. The summed E-state index contributed by atoms with van der Waals surface area (Å²) in [5.74, 6) is -1.04. The third-order valence-corrected chi connectivity index (χ3v) is 5.81. The monoisotopic (exact) mass is 366 g/mol. The van der Waals surface area contributed by atoms with E-state index in [0.29, 0.717) is 19.4 Å². The van der Waals surface area contributed by atoms with Gasteiger partial charge in [-0.05, 0) is 36.6 Å². The average Bonchev–Trinajstić information content (AvgIpc) is 3.15. The molecule has 0 aromatic heterocycles. The molecule has 1 fully saturated rings. The highest BCUT2D eigenvalue weighted by molar-refractivity contribution is 6.08. The van der Waals surface area contributed by atoms with Crippen molar-refractivity contribution in [1.29, 1.82) is 0 Å². The van der Waals surface area contributed by atoms with Crippen molar-refractivity contribution < 1.29 is 19.8 Å². The fourth-order valence-corrected chi connectivity index (χ4v) is 4.61. The summed E-state index contributed by atoms with van der Waals surface area (Å²) in [6, 6.07) is 11.5. The number of fused-ring (bicyclic) bond motifs is 2. The van der Waals surface area contributed by atoms with Gasteiger partial charge in [0.15, 0.2) is 0 Å². The summed E-state index contributed by atoms with van der Waals surface area (Å²) >= 11 is 0. The Morgan fingerprint density at radius 1 is 1.19 bits per heavy atom. The molecule has 0 aliphatic carbocycles. The van der Waals surface area contributed by atoms with Crippen molar-refractivity contribution >= 4 is 17.5 Å². The topological polar surface area (TPSA) is 89.9 Å². The second-order valence-corrected chi connectivity index (χ2v) is 7.20. The Bertz CT molecular complexity index is 906. The molecule has 0 unspecified atom stereocenters. The van der Waals surface area contributed by atoms with Gasteiger partial charge in [0, 0.05) is 12.2 Å². The van der Waals surface area contributed by atoms with Crippen molar-refractivity contribution in [3.05, 3.63) is 53.6 Å². The SMILES string of the molecule is CCC[C@@H]1N(C(=O)c2c(O)cccc2O)CC[C@]12C(=O)Nc1ccccc12. The first kappa shape index (κ1) is 17.4. The number of phenols is 2. The highest BCUT2D eigenvalue weighted by atomic mass is 16.3. The summed E-state index contributed by atoms with van der Waals surface area (Å²) < 4.78 is 0. The normalized spacial score (nSPS) is 23.5. The summed E-state index contributed by atoms with van der Waals surface area (Å²) in [5.41, 5.74) is 0.818. The molecule has 0 radical (unpaired) electrons. The van der Waals surface area contributed by atoms with Crippen LogP contribution in [0.3, 0.4) is 0 Å². The summed E-state index contributed by atoms with van der Waals surface area (Å²) in [6.07, 6.45) is 1.97. The van der Waals surface area contributed by atoms with Gasteiger partial charge >= 0.3 is 0 Å². The van der Waals surface area contributed by atoms with Crippen LogP contribution >= 0.6 is 0 Å². The highest BCUT2D eigenvalue weighted by Crippen LogP contribution is 2.50. The van der Waals surface area contributed by atoms with Crippen LogP contribution in [0.1, 0.15) is 42.1 Å². The van der Waals surface area contributed by atoms with Gasteiger partial charge in [0.1, 0.15) is 17.1 Å². The van der Waals surface area contributed by atoms with Crippen LogP contribution in [-0.2, 0) is 10.2 Å². The molecule has 6 nitrogen and oxygen atoms in total. The number of nitrogens with one attached hydrogen (secondary N) is 1. The lowest BCUT2D eigenvalue weighted by molar-refractivity contribution is -0.121. The molecule has 3 N–H and O–H groups in total. The number of rotatable bonds is 3. The van der Waals surface area contributed by atoms with Crippen molar-refractivity contribution in [2.24, 2.45) is 0 Å². The van der Waals surface area contributed by atoms with E-state index in [2.05, 4.69) is 5.32 Å². The first-order chi connectivity index (χ1) is 13.0. The van der Waals surface area contributed by atoms with Crippen LogP contribution in [0.5, 0.6) is 11.5 Å². The number of amides is 2. The van der Waals surface area contributed by atoms with Gasteiger partial charge < -0.3 is 20.4 Å². The summed E-state index contributed by atoms with van der Waals surface area (Å²) in [5, 5.41) is 23.2. The third kappa shape index (κ3) is 2.40. The Hall–Kier alpha value is -3.02. The molecule has 1 saturated heterocycles. The fraction of sp³-hybridized carbons (Fsp3) is 0.333. The maximum absolute atomic E-state index is 13.2. The second-order valence-electron chi connectivity index (χ2n) is 7.20. The Kier molecular flexibility index (Phi) is 4.06.